The van der Waals surface area contributed by atoms with Crippen LogP contribution in [-0.2, 0) is 38.1 Å². The lowest BCUT2D eigenvalue weighted by Crippen LogP contribution is -2.57. The lowest BCUT2D eigenvalue weighted by Gasteiger charge is -2.26. The summed E-state index contributed by atoms with van der Waals surface area (Å²) in [7, 11) is -1.92. The molecule has 1 unspecified atom stereocenters. The molecule has 8 N–H and O–H groups in total. The van der Waals surface area contributed by atoms with E-state index in [1.54, 1.807) is 13.8 Å². The van der Waals surface area contributed by atoms with Crippen molar-refractivity contribution in [2.75, 3.05) is 14.1 Å². The molecule has 1 aromatic carbocycles. The third kappa shape index (κ3) is 11.6. The number of phosphoric acid groups is 1. The number of carbonyl (C=O) groups excluding carboxylic acids is 4. The number of hydrogen-bond acceptors (Lipinski definition) is 9. The minimum absolute atomic E-state index is 0.171. The van der Waals surface area contributed by atoms with E-state index in [9.17, 15) is 53.4 Å². The first-order valence-corrected chi connectivity index (χ1v) is 16.4. The summed E-state index contributed by atoms with van der Waals surface area (Å²) in [6.07, 6.45) is -1.73. The summed E-state index contributed by atoms with van der Waals surface area (Å²) < 4.78 is 15.7. The van der Waals surface area contributed by atoms with Gasteiger partial charge in [-0.2, -0.15) is 0 Å². The van der Waals surface area contributed by atoms with Crippen LogP contribution in [0.4, 0.5) is 0 Å². The predicted octanol–water partition coefficient (Wildman–Crippen LogP) is -0.109. The van der Waals surface area contributed by atoms with Crippen LogP contribution in [0.1, 0.15) is 57.4 Å². The van der Waals surface area contributed by atoms with Crippen molar-refractivity contribution >= 4 is 49.4 Å². The summed E-state index contributed by atoms with van der Waals surface area (Å²) >= 11 is 0. The molecule has 19 heteroatoms. The van der Waals surface area contributed by atoms with Crippen molar-refractivity contribution in [3.05, 3.63) is 29.8 Å². The molecule has 1 aliphatic rings. The van der Waals surface area contributed by atoms with Gasteiger partial charge in [-0.05, 0) is 36.5 Å². The van der Waals surface area contributed by atoms with Crippen LogP contribution in [0, 0.1) is 17.8 Å². The van der Waals surface area contributed by atoms with Gasteiger partial charge in [0.15, 0.2) is 0 Å². The highest BCUT2D eigenvalue weighted by Gasteiger charge is 2.60. The van der Waals surface area contributed by atoms with Crippen LogP contribution in [0.25, 0.3) is 0 Å². The van der Waals surface area contributed by atoms with Gasteiger partial charge < -0.3 is 40.7 Å². The predicted molar refractivity (Wildman–Crippen MR) is 164 cm³/mol. The molecule has 0 bridgehead atoms. The number of carbonyl (C=O) groups is 7. The van der Waals surface area contributed by atoms with Crippen LogP contribution in [0.3, 0.4) is 0 Å². The number of carboxylic acid groups (broad SMARTS) is 3. The quantitative estimate of drug-likeness (QED) is 0.0875. The molecule has 1 aliphatic carbocycles. The molecule has 2 rings (SSSR count). The van der Waals surface area contributed by atoms with Gasteiger partial charge in [0.25, 0.3) is 0 Å². The van der Waals surface area contributed by atoms with Gasteiger partial charge in [-0.15, -0.1) is 0 Å². The van der Waals surface area contributed by atoms with E-state index >= 15 is 0 Å². The van der Waals surface area contributed by atoms with Crippen molar-refractivity contribution < 1.29 is 67.8 Å². The Morgan fingerprint density at radius 2 is 1.33 bits per heavy atom. The van der Waals surface area contributed by atoms with Crippen LogP contribution in [-0.4, -0.2) is 104 Å². The van der Waals surface area contributed by atoms with Crippen molar-refractivity contribution in [1.82, 2.24) is 20.9 Å². The molecule has 7 atom stereocenters. The number of aliphatic carboxylic acids is 3. The van der Waals surface area contributed by atoms with Crippen molar-refractivity contribution in [3.63, 3.8) is 0 Å². The number of rotatable bonds is 19. The Morgan fingerprint density at radius 3 is 1.77 bits per heavy atom. The maximum absolute atomic E-state index is 13.5. The Labute approximate surface area is 275 Å². The Hall–Kier alpha value is -4.54. The fourth-order valence-electron chi connectivity index (χ4n) is 5.10. The first-order chi connectivity index (χ1) is 22.3. The molecule has 0 aliphatic heterocycles. The summed E-state index contributed by atoms with van der Waals surface area (Å²) in [6, 6.07) is 0.806. The maximum atomic E-state index is 13.5. The first kappa shape index (κ1) is 39.6. The molecule has 266 valence electrons. The SMILES string of the molecule is CCC(C)[C@H](NC(=O)[C@H](CCC(=O)O)NC(=O)[C@H](CCC(=O)O)NC(=O)[C@H]1[C@H](C(=O)N(C)C)[C@@H]1c1ccc(OP(=O)(O)O)cc1)C(=O)O. The number of nitrogens with one attached hydrogen (secondary N) is 3. The third-order valence-corrected chi connectivity index (χ3v) is 8.32. The highest BCUT2D eigenvalue weighted by molar-refractivity contribution is 7.46. The minimum atomic E-state index is -4.85. The topological polar surface area (TPSA) is 286 Å². The highest BCUT2D eigenvalue weighted by atomic mass is 31.2. The Bertz CT molecular complexity index is 1430. The van der Waals surface area contributed by atoms with Crippen LogP contribution < -0.4 is 20.5 Å². The minimum Gasteiger partial charge on any atom is -0.481 e. The summed E-state index contributed by atoms with van der Waals surface area (Å²) in [5.74, 6) is -10.7. The van der Waals surface area contributed by atoms with E-state index < -0.39 is 117 Å². The van der Waals surface area contributed by atoms with Crippen molar-refractivity contribution in [2.45, 2.75) is 70.0 Å². The monoisotopic (exact) mass is 700 g/mol. The fourth-order valence-corrected chi connectivity index (χ4v) is 5.49. The lowest BCUT2D eigenvalue weighted by molar-refractivity contribution is -0.144. The molecule has 1 fully saturated rings. The van der Waals surface area contributed by atoms with Gasteiger partial charge in [-0.3, -0.25) is 38.6 Å². The fraction of sp³-hybridized carbons (Fsp3) is 0.552. The zero-order valence-electron chi connectivity index (χ0n) is 26.7. The number of benzene rings is 1. The molecule has 18 nitrogen and oxygen atoms in total. The Balaban J connectivity index is 2.33. The highest BCUT2D eigenvalue weighted by Crippen LogP contribution is 2.55. The summed E-state index contributed by atoms with van der Waals surface area (Å²) in [4.78, 5) is 107. The molecule has 4 amide bonds. The van der Waals surface area contributed by atoms with Crippen LogP contribution >= 0.6 is 7.82 Å². The first-order valence-electron chi connectivity index (χ1n) is 14.9. The van der Waals surface area contributed by atoms with Crippen LogP contribution in [0.5, 0.6) is 5.75 Å². The second kappa shape index (κ2) is 17.0. The average Bonchev–Trinajstić information content (AvgIpc) is 3.73. The number of amides is 4. The molecule has 1 aromatic rings. The summed E-state index contributed by atoms with van der Waals surface area (Å²) in [6.45, 7) is 3.27. The average molecular weight is 701 g/mol. The molecule has 0 saturated heterocycles. The number of hydrogen-bond donors (Lipinski definition) is 8. The smallest absolute Gasteiger partial charge is 0.481 e. The third-order valence-electron chi connectivity index (χ3n) is 7.87. The zero-order valence-corrected chi connectivity index (χ0v) is 27.6. The van der Waals surface area contributed by atoms with Crippen LogP contribution in [0.15, 0.2) is 24.3 Å². The van der Waals surface area contributed by atoms with Gasteiger partial charge in [0.05, 0.1) is 11.8 Å². The second-order valence-electron chi connectivity index (χ2n) is 11.7. The number of carboxylic acids is 3. The van der Waals surface area contributed by atoms with Gasteiger partial charge >= 0.3 is 25.7 Å². The summed E-state index contributed by atoms with van der Waals surface area (Å²) in [5.41, 5.74) is 0.430. The van der Waals surface area contributed by atoms with E-state index in [1.165, 1.54) is 43.3 Å². The molecule has 0 spiro atoms. The normalized spacial score (nSPS) is 19.4. The van der Waals surface area contributed by atoms with E-state index in [1.807, 2.05) is 0 Å². The molecular formula is C29H41N4O14P. The van der Waals surface area contributed by atoms with E-state index in [0.29, 0.717) is 12.0 Å². The number of nitrogens with zero attached hydrogens (tertiary/aromatic N) is 1. The molecule has 0 radical (unpaired) electrons. The Morgan fingerprint density at radius 1 is 0.833 bits per heavy atom. The molecule has 1 saturated carbocycles. The van der Waals surface area contributed by atoms with Gasteiger partial charge in [-0.25, -0.2) is 9.36 Å². The standard InChI is InChI=1S/C29H41N4O14P/c1-5-14(2)24(29(42)43)32-26(39)18(11-13-20(36)37)30-25(38)17(10-12-19(34)35)31-27(40)22-21(23(22)28(41)33(3)4)15-6-8-16(9-7-15)47-48(44,45)46/h6-9,14,17-18,21-24H,5,10-13H2,1-4H3,(H,30,38)(H,31,40)(H,32,39)(H,34,35)(H,36,37)(H,42,43)(H2,44,45,46)/t14?,17-,18-,21+,22+,23+,24-/m0/s1. The maximum Gasteiger partial charge on any atom is 0.524 e. The Kier molecular flexibility index (Phi) is 14.1. The summed E-state index contributed by atoms with van der Waals surface area (Å²) in [5, 5.41) is 35.1. The molecule has 0 heterocycles. The van der Waals surface area contributed by atoms with Gasteiger partial charge in [0.1, 0.15) is 23.9 Å². The van der Waals surface area contributed by atoms with E-state index in [2.05, 4.69) is 20.5 Å². The van der Waals surface area contributed by atoms with E-state index in [-0.39, 0.29) is 5.75 Å². The van der Waals surface area contributed by atoms with Gasteiger partial charge in [0, 0.05) is 32.9 Å². The largest absolute Gasteiger partial charge is 0.524 e. The molecule has 0 aromatic heterocycles. The molecule has 48 heavy (non-hydrogen) atoms. The van der Waals surface area contributed by atoms with Crippen molar-refractivity contribution in [2.24, 2.45) is 17.8 Å². The van der Waals surface area contributed by atoms with Gasteiger partial charge in [-0.1, -0.05) is 32.4 Å². The van der Waals surface area contributed by atoms with E-state index in [0.717, 1.165) is 0 Å². The zero-order chi connectivity index (χ0) is 36.5. The second-order valence-corrected chi connectivity index (χ2v) is 12.8. The van der Waals surface area contributed by atoms with Gasteiger partial charge in [0.2, 0.25) is 23.6 Å². The number of phosphoric ester groups is 1. The van der Waals surface area contributed by atoms with Crippen molar-refractivity contribution in [3.8, 4) is 5.75 Å². The van der Waals surface area contributed by atoms with Crippen LogP contribution in [0.2, 0.25) is 0 Å². The van der Waals surface area contributed by atoms with Crippen molar-refractivity contribution in [1.29, 1.82) is 0 Å². The molecular weight excluding hydrogens is 659 g/mol. The lowest BCUT2D eigenvalue weighted by atomic mass is 9.98. The van der Waals surface area contributed by atoms with E-state index in [4.69, 9.17) is 9.79 Å².